The summed E-state index contributed by atoms with van der Waals surface area (Å²) in [5.74, 6) is 1.55. The molecular weight excluding hydrogens is 400 g/mol. The van der Waals surface area contributed by atoms with E-state index in [9.17, 15) is 4.79 Å². The maximum absolute atomic E-state index is 11.4. The van der Waals surface area contributed by atoms with Crippen LogP contribution in [0.4, 0.5) is 5.69 Å². The van der Waals surface area contributed by atoms with Crippen molar-refractivity contribution in [2.24, 2.45) is 11.7 Å². The quantitative estimate of drug-likeness (QED) is 0.673. The molecule has 3 heterocycles. The van der Waals surface area contributed by atoms with Gasteiger partial charge in [0.25, 0.3) is 0 Å². The van der Waals surface area contributed by atoms with Crippen molar-refractivity contribution >= 4 is 34.2 Å². The molecule has 1 aromatic heterocycles. The lowest BCUT2D eigenvalue weighted by Gasteiger charge is -2.44. The van der Waals surface area contributed by atoms with Gasteiger partial charge in [0.1, 0.15) is 11.3 Å². The molecule has 1 aromatic carbocycles. The van der Waals surface area contributed by atoms with E-state index in [0.717, 1.165) is 79.1 Å². The Morgan fingerprint density at radius 3 is 2.70 bits per heavy atom. The van der Waals surface area contributed by atoms with Crippen LogP contribution in [0, 0.1) is 5.92 Å². The molecule has 1 saturated carbocycles. The highest BCUT2D eigenvalue weighted by Gasteiger charge is 2.42. The zero-order valence-corrected chi connectivity index (χ0v) is 18.0. The number of likely N-dealkylation sites (tertiary alicyclic amines) is 1. The number of furan rings is 1. The fourth-order valence-electron chi connectivity index (χ4n) is 5.52. The van der Waals surface area contributed by atoms with E-state index in [1.54, 1.807) is 0 Å². The minimum atomic E-state index is -0.181. The minimum Gasteiger partial charge on any atom is -0.459 e. The third-order valence-corrected chi connectivity index (χ3v) is 7.33. The monoisotopic (exact) mass is 428 g/mol. The molecule has 3 aliphatic rings. The number of piperidine rings is 1. The van der Waals surface area contributed by atoms with E-state index in [4.69, 9.17) is 21.8 Å². The van der Waals surface area contributed by atoms with Crippen molar-refractivity contribution < 1.29 is 9.21 Å². The smallest absolute Gasteiger partial charge is 0.220 e. The molecule has 0 atom stereocenters. The number of nitrogens with zero attached hydrogens (tertiary/aromatic N) is 1. The summed E-state index contributed by atoms with van der Waals surface area (Å²) in [6.45, 7) is 6.58. The van der Waals surface area contributed by atoms with Crippen LogP contribution in [0.3, 0.4) is 0 Å². The molecule has 4 N–H and O–H groups in total. The van der Waals surface area contributed by atoms with E-state index in [0.29, 0.717) is 5.02 Å². The molecular formula is C23H29ClN4O2. The Morgan fingerprint density at radius 1 is 1.27 bits per heavy atom. The van der Waals surface area contributed by atoms with E-state index < -0.39 is 0 Å². The van der Waals surface area contributed by atoms with Gasteiger partial charge in [-0.1, -0.05) is 37.4 Å². The van der Waals surface area contributed by atoms with Gasteiger partial charge in [-0.2, -0.15) is 0 Å². The van der Waals surface area contributed by atoms with Crippen LogP contribution >= 0.6 is 11.6 Å². The molecule has 1 aliphatic carbocycles. The van der Waals surface area contributed by atoms with Crippen molar-refractivity contribution in [3.63, 3.8) is 0 Å². The molecule has 160 valence electrons. The molecule has 6 nitrogen and oxygen atoms in total. The molecule has 30 heavy (non-hydrogen) atoms. The van der Waals surface area contributed by atoms with E-state index in [1.165, 1.54) is 19.3 Å². The predicted octanol–water partition coefficient (Wildman–Crippen LogP) is 4.43. The van der Waals surface area contributed by atoms with Gasteiger partial charge < -0.3 is 20.8 Å². The highest BCUT2D eigenvalue weighted by molar-refractivity contribution is 6.34. The van der Waals surface area contributed by atoms with Crippen LogP contribution in [-0.4, -0.2) is 23.9 Å². The lowest BCUT2D eigenvalue weighted by atomic mass is 9.74. The van der Waals surface area contributed by atoms with Gasteiger partial charge in [0.05, 0.1) is 28.6 Å². The van der Waals surface area contributed by atoms with Gasteiger partial charge >= 0.3 is 0 Å². The first-order chi connectivity index (χ1) is 14.4. The molecule has 2 aliphatic heterocycles. The van der Waals surface area contributed by atoms with E-state index in [2.05, 4.69) is 28.2 Å². The first kappa shape index (κ1) is 19.8. The van der Waals surface area contributed by atoms with Gasteiger partial charge in [-0.3, -0.25) is 9.69 Å². The molecule has 1 amide bonds. The van der Waals surface area contributed by atoms with Crippen molar-refractivity contribution in [2.45, 2.75) is 57.0 Å². The number of hydrogen-bond acceptors (Lipinski definition) is 5. The zero-order valence-electron chi connectivity index (χ0n) is 17.2. The average Bonchev–Trinajstić information content (AvgIpc) is 3.10. The Balaban J connectivity index is 1.49. The van der Waals surface area contributed by atoms with E-state index in [-0.39, 0.29) is 17.4 Å². The normalized spacial score (nSPS) is 22.0. The van der Waals surface area contributed by atoms with Crippen LogP contribution in [0.15, 0.2) is 28.9 Å². The second-order valence-electron chi connectivity index (χ2n) is 9.06. The topological polar surface area (TPSA) is 83.5 Å². The summed E-state index contributed by atoms with van der Waals surface area (Å²) in [7, 11) is 0. The summed E-state index contributed by atoms with van der Waals surface area (Å²) in [4.78, 5) is 13.8. The lowest BCUT2D eigenvalue weighted by molar-refractivity contribution is -0.123. The number of anilines is 1. The average molecular weight is 429 g/mol. The molecule has 5 rings (SSSR count). The number of halogens is 1. The van der Waals surface area contributed by atoms with Crippen molar-refractivity contribution in [1.82, 2.24) is 10.2 Å². The second kappa shape index (κ2) is 7.50. The highest BCUT2D eigenvalue weighted by Crippen LogP contribution is 2.49. The summed E-state index contributed by atoms with van der Waals surface area (Å²) >= 11 is 6.71. The molecule has 1 spiro atoms. The van der Waals surface area contributed by atoms with Gasteiger partial charge in [0.15, 0.2) is 0 Å². The summed E-state index contributed by atoms with van der Waals surface area (Å²) in [6, 6.07) is 4.10. The van der Waals surface area contributed by atoms with Crippen LogP contribution < -0.4 is 16.4 Å². The van der Waals surface area contributed by atoms with Gasteiger partial charge in [-0.05, 0) is 50.9 Å². The van der Waals surface area contributed by atoms with Crippen LogP contribution in [0.1, 0.15) is 56.3 Å². The Labute approximate surface area is 181 Å². The lowest BCUT2D eigenvalue weighted by Crippen LogP contribution is -2.48. The molecule has 0 bridgehead atoms. The number of amides is 1. The number of primary amides is 1. The van der Waals surface area contributed by atoms with Crippen LogP contribution in [0.2, 0.25) is 5.02 Å². The summed E-state index contributed by atoms with van der Waals surface area (Å²) in [5, 5.41) is 8.73. The minimum absolute atomic E-state index is 0.000781. The number of carbonyl (C=O) groups is 1. The molecule has 7 heteroatoms. The maximum Gasteiger partial charge on any atom is 0.220 e. The first-order valence-electron chi connectivity index (χ1n) is 11.0. The van der Waals surface area contributed by atoms with Crippen molar-refractivity contribution in [1.29, 1.82) is 0 Å². The molecule has 0 unspecified atom stereocenters. The Morgan fingerprint density at radius 2 is 2.00 bits per heavy atom. The van der Waals surface area contributed by atoms with Crippen molar-refractivity contribution in [2.75, 3.05) is 18.4 Å². The first-order valence-corrected chi connectivity index (χ1v) is 11.3. The SMILES string of the molecule is C=C1Nc2c(Cl)cc3cc(CN4CCC(C(N)=O)CC4)oc3c2C2(CCCCC2)N1. The standard InChI is InChI=1S/C23H29ClN4O2/c1-14-26-20-18(24)12-16-11-17(13-28-9-5-15(6-10-28)22(25)29)30-21(16)19(20)23(27-14)7-3-2-4-8-23/h11-12,15,26-27H,1-10,13H2,(H2,25,29). The Kier molecular flexibility index (Phi) is 4.94. The van der Waals surface area contributed by atoms with Gasteiger partial charge in [0.2, 0.25) is 5.91 Å². The Bertz CT molecular complexity index is 1000. The third kappa shape index (κ3) is 3.36. The molecule has 2 aromatic rings. The van der Waals surface area contributed by atoms with Crippen molar-refractivity contribution in [3.05, 3.63) is 40.9 Å². The molecule has 0 radical (unpaired) electrons. The van der Waals surface area contributed by atoms with E-state index >= 15 is 0 Å². The molecule has 2 fully saturated rings. The largest absolute Gasteiger partial charge is 0.459 e. The van der Waals surface area contributed by atoms with Crippen LogP contribution in [-0.2, 0) is 16.9 Å². The summed E-state index contributed by atoms with van der Waals surface area (Å²) in [6.07, 6.45) is 7.34. The number of benzene rings is 1. The van der Waals surface area contributed by atoms with Gasteiger partial charge in [0, 0.05) is 16.9 Å². The number of carbonyl (C=O) groups excluding carboxylic acids is 1. The second-order valence-corrected chi connectivity index (χ2v) is 9.47. The number of nitrogens with two attached hydrogens (primary N) is 1. The number of rotatable bonds is 3. The number of fused-ring (bicyclic) bond motifs is 4. The highest BCUT2D eigenvalue weighted by atomic mass is 35.5. The van der Waals surface area contributed by atoms with Crippen molar-refractivity contribution in [3.8, 4) is 0 Å². The van der Waals surface area contributed by atoms with Crippen LogP contribution in [0.25, 0.3) is 11.0 Å². The van der Waals surface area contributed by atoms with Gasteiger partial charge in [-0.25, -0.2) is 0 Å². The number of hydrogen-bond donors (Lipinski definition) is 3. The number of nitrogens with one attached hydrogen (secondary N) is 2. The fourth-order valence-corrected chi connectivity index (χ4v) is 5.78. The third-order valence-electron chi connectivity index (χ3n) is 7.03. The summed E-state index contributed by atoms with van der Waals surface area (Å²) in [5.41, 5.74) is 8.29. The zero-order chi connectivity index (χ0) is 20.9. The molecule has 1 saturated heterocycles. The van der Waals surface area contributed by atoms with Gasteiger partial charge in [-0.15, -0.1) is 0 Å². The Hall–Kier alpha value is -2.18. The van der Waals surface area contributed by atoms with Crippen LogP contribution in [0.5, 0.6) is 0 Å². The summed E-state index contributed by atoms with van der Waals surface area (Å²) < 4.78 is 6.46. The predicted molar refractivity (Wildman–Crippen MR) is 119 cm³/mol. The van der Waals surface area contributed by atoms with E-state index in [1.807, 2.05) is 6.07 Å². The fraction of sp³-hybridized carbons (Fsp3) is 0.522. The maximum atomic E-state index is 11.4.